The number of nitrogens with zero attached hydrogens (tertiary/aromatic N) is 1. The molecule has 0 spiro atoms. The molecule has 0 aromatic carbocycles. The first-order valence-corrected chi connectivity index (χ1v) is 4.54. The smallest absolute Gasteiger partial charge is 0.228 e. The summed E-state index contributed by atoms with van der Waals surface area (Å²) in [6.07, 6.45) is 3.51. The number of rotatable bonds is 3. The van der Waals surface area contributed by atoms with Crippen LogP contribution in [0.3, 0.4) is 0 Å². The molecule has 4 heteroatoms. The second-order valence-electron chi connectivity index (χ2n) is 2.38. The van der Waals surface area contributed by atoms with Gasteiger partial charge in [-0.1, -0.05) is 6.08 Å². The predicted molar refractivity (Wildman–Crippen MR) is 55.4 cm³/mol. The molecule has 0 radical (unpaired) electrons. The molecule has 1 N–H and O–H groups in total. The van der Waals surface area contributed by atoms with Gasteiger partial charge >= 0.3 is 0 Å². The monoisotopic (exact) mass is 240 g/mol. The molecule has 0 fully saturated rings. The Balaban J connectivity index is 2.68. The van der Waals surface area contributed by atoms with Crippen molar-refractivity contribution >= 4 is 27.5 Å². The lowest BCUT2D eigenvalue weighted by Crippen LogP contribution is -2.10. The van der Waals surface area contributed by atoms with Crippen LogP contribution in [0.4, 0.5) is 5.69 Å². The van der Waals surface area contributed by atoms with E-state index in [9.17, 15) is 4.79 Å². The summed E-state index contributed by atoms with van der Waals surface area (Å²) >= 11 is 3.22. The van der Waals surface area contributed by atoms with Crippen molar-refractivity contribution in [3.8, 4) is 0 Å². The van der Waals surface area contributed by atoms with Crippen molar-refractivity contribution < 1.29 is 4.79 Å². The van der Waals surface area contributed by atoms with Crippen molar-refractivity contribution in [1.29, 1.82) is 0 Å². The first-order valence-electron chi connectivity index (χ1n) is 3.75. The maximum absolute atomic E-state index is 11.1. The van der Waals surface area contributed by atoms with Crippen molar-refractivity contribution in [2.75, 3.05) is 5.32 Å². The fraction of sp³-hybridized carbons (Fsp3) is 0.111. The van der Waals surface area contributed by atoms with Crippen LogP contribution in [0.15, 0.2) is 35.6 Å². The highest BCUT2D eigenvalue weighted by atomic mass is 79.9. The van der Waals surface area contributed by atoms with Gasteiger partial charge in [0.1, 0.15) is 4.60 Å². The third-order valence-electron chi connectivity index (χ3n) is 1.36. The quantitative estimate of drug-likeness (QED) is 0.651. The van der Waals surface area contributed by atoms with Gasteiger partial charge < -0.3 is 5.32 Å². The van der Waals surface area contributed by atoms with Gasteiger partial charge in [0.2, 0.25) is 5.91 Å². The lowest BCUT2D eigenvalue weighted by molar-refractivity contribution is -0.115. The molecule has 1 aromatic rings. The molecule has 0 aliphatic heterocycles. The highest BCUT2D eigenvalue weighted by Crippen LogP contribution is 2.18. The molecule has 1 amide bonds. The molecule has 3 nitrogen and oxygen atoms in total. The summed E-state index contributed by atoms with van der Waals surface area (Å²) in [5, 5.41) is 2.69. The standard InChI is InChI=1S/C9H9BrN2O/c1-2-4-8(13)12-7-5-3-6-11-9(7)10/h2-3,5-6H,1,4H2,(H,12,13). The van der Waals surface area contributed by atoms with E-state index in [2.05, 4.69) is 32.8 Å². The van der Waals surface area contributed by atoms with Crippen LogP contribution in [-0.2, 0) is 4.79 Å². The van der Waals surface area contributed by atoms with Gasteiger partial charge in [-0.05, 0) is 28.1 Å². The number of hydrogen-bond donors (Lipinski definition) is 1. The lowest BCUT2D eigenvalue weighted by atomic mass is 10.3. The molecule has 0 aliphatic rings. The molecule has 0 aliphatic carbocycles. The molecular formula is C9H9BrN2O. The van der Waals surface area contributed by atoms with Crippen LogP contribution >= 0.6 is 15.9 Å². The lowest BCUT2D eigenvalue weighted by Gasteiger charge is -2.03. The van der Waals surface area contributed by atoms with Crippen LogP contribution in [0.2, 0.25) is 0 Å². The Hall–Kier alpha value is -1.16. The van der Waals surface area contributed by atoms with Crippen molar-refractivity contribution in [1.82, 2.24) is 4.98 Å². The number of anilines is 1. The number of amides is 1. The Morgan fingerprint density at radius 3 is 3.15 bits per heavy atom. The molecule has 68 valence electrons. The first-order chi connectivity index (χ1) is 6.24. The van der Waals surface area contributed by atoms with Gasteiger partial charge in [-0.25, -0.2) is 4.98 Å². The molecule has 1 rings (SSSR count). The molecule has 1 aromatic heterocycles. The topological polar surface area (TPSA) is 42.0 Å². The zero-order valence-corrected chi connectivity index (χ0v) is 8.54. The van der Waals surface area contributed by atoms with Crippen LogP contribution in [0, 0.1) is 0 Å². The van der Waals surface area contributed by atoms with Gasteiger partial charge in [-0.2, -0.15) is 0 Å². The van der Waals surface area contributed by atoms with E-state index in [0.717, 1.165) is 0 Å². The van der Waals surface area contributed by atoms with Gasteiger partial charge in [0.15, 0.2) is 0 Å². The summed E-state index contributed by atoms with van der Waals surface area (Å²) in [5.41, 5.74) is 0.675. The zero-order chi connectivity index (χ0) is 9.68. The van der Waals surface area contributed by atoms with E-state index < -0.39 is 0 Å². The maximum Gasteiger partial charge on any atom is 0.228 e. The number of carbonyl (C=O) groups is 1. The number of carbonyl (C=O) groups excluding carboxylic acids is 1. The SMILES string of the molecule is C=CCC(=O)Nc1cccnc1Br. The Kier molecular flexibility index (Phi) is 3.64. The van der Waals surface area contributed by atoms with E-state index in [1.165, 1.54) is 0 Å². The summed E-state index contributed by atoms with van der Waals surface area (Å²) in [6, 6.07) is 3.53. The minimum absolute atomic E-state index is 0.0938. The fourth-order valence-corrected chi connectivity index (χ4v) is 1.16. The highest BCUT2D eigenvalue weighted by Gasteiger charge is 2.02. The van der Waals surface area contributed by atoms with Crippen molar-refractivity contribution in [3.05, 3.63) is 35.6 Å². The van der Waals surface area contributed by atoms with E-state index in [1.807, 2.05) is 0 Å². The van der Waals surface area contributed by atoms with E-state index in [1.54, 1.807) is 24.4 Å². The van der Waals surface area contributed by atoms with Gasteiger partial charge in [-0.15, -0.1) is 6.58 Å². The van der Waals surface area contributed by atoms with Gasteiger partial charge in [0, 0.05) is 12.6 Å². The Labute approximate surface area is 85.0 Å². The third-order valence-corrected chi connectivity index (χ3v) is 1.99. The number of aromatic nitrogens is 1. The number of nitrogens with one attached hydrogen (secondary N) is 1. The third kappa shape index (κ3) is 2.99. The zero-order valence-electron chi connectivity index (χ0n) is 6.96. The fourth-order valence-electron chi connectivity index (χ4n) is 0.812. The molecule has 0 saturated carbocycles. The number of pyridine rings is 1. The summed E-state index contributed by atoms with van der Waals surface area (Å²) in [4.78, 5) is 15.1. The average molecular weight is 241 g/mol. The van der Waals surface area contributed by atoms with E-state index in [0.29, 0.717) is 16.7 Å². The van der Waals surface area contributed by atoms with Crippen LogP contribution in [0.5, 0.6) is 0 Å². The Bertz CT molecular complexity index is 325. The van der Waals surface area contributed by atoms with Gasteiger partial charge in [-0.3, -0.25) is 4.79 Å². The highest BCUT2D eigenvalue weighted by molar-refractivity contribution is 9.10. The molecule has 13 heavy (non-hydrogen) atoms. The van der Waals surface area contributed by atoms with Crippen LogP contribution in [0.1, 0.15) is 6.42 Å². The normalized spacial score (nSPS) is 9.31. The molecule has 0 bridgehead atoms. The van der Waals surface area contributed by atoms with Crippen LogP contribution in [0.25, 0.3) is 0 Å². The minimum atomic E-state index is -0.0938. The Morgan fingerprint density at radius 2 is 2.54 bits per heavy atom. The molecule has 0 atom stereocenters. The summed E-state index contributed by atoms with van der Waals surface area (Å²) in [5.74, 6) is -0.0938. The second-order valence-corrected chi connectivity index (χ2v) is 3.13. The first kappa shape index (κ1) is 9.92. The maximum atomic E-state index is 11.1. The van der Waals surface area contributed by atoms with Gasteiger partial charge in [0.25, 0.3) is 0 Å². The second kappa shape index (κ2) is 4.77. The molecular weight excluding hydrogens is 232 g/mol. The minimum Gasteiger partial charge on any atom is -0.324 e. The largest absolute Gasteiger partial charge is 0.324 e. The van der Waals surface area contributed by atoms with E-state index in [-0.39, 0.29) is 5.91 Å². The number of halogens is 1. The average Bonchev–Trinajstić information content (AvgIpc) is 2.09. The molecule has 0 unspecified atom stereocenters. The van der Waals surface area contributed by atoms with E-state index in [4.69, 9.17) is 0 Å². The Morgan fingerprint density at radius 1 is 1.77 bits per heavy atom. The summed E-state index contributed by atoms with van der Waals surface area (Å²) < 4.78 is 0.632. The van der Waals surface area contributed by atoms with Crippen LogP contribution in [-0.4, -0.2) is 10.9 Å². The summed E-state index contributed by atoms with van der Waals surface area (Å²) in [7, 11) is 0. The molecule has 1 heterocycles. The van der Waals surface area contributed by atoms with Crippen molar-refractivity contribution in [3.63, 3.8) is 0 Å². The van der Waals surface area contributed by atoms with Gasteiger partial charge in [0.05, 0.1) is 5.69 Å². The summed E-state index contributed by atoms with van der Waals surface area (Å²) in [6.45, 7) is 3.48. The van der Waals surface area contributed by atoms with Crippen LogP contribution < -0.4 is 5.32 Å². The van der Waals surface area contributed by atoms with Crippen molar-refractivity contribution in [2.45, 2.75) is 6.42 Å². The molecule has 0 saturated heterocycles. The van der Waals surface area contributed by atoms with E-state index >= 15 is 0 Å². The number of hydrogen-bond acceptors (Lipinski definition) is 2. The predicted octanol–water partition coefficient (Wildman–Crippen LogP) is 2.36. The van der Waals surface area contributed by atoms with Crippen molar-refractivity contribution in [2.24, 2.45) is 0 Å².